The van der Waals surface area contributed by atoms with Crippen LogP contribution in [0.4, 0.5) is 0 Å². The van der Waals surface area contributed by atoms with E-state index in [4.69, 9.17) is 5.11 Å². The largest absolute Gasteiger partial charge is 0.396 e. The van der Waals surface area contributed by atoms with Gasteiger partial charge in [-0.3, -0.25) is 9.69 Å². The Balaban J connectivity index is 1.48. The van der Waals surface area contributed by atoms with Crippen LogP contribution < -0.4 is 0 Å². The zero-order valence-corrected chi connectivity index (χ0v) is 13.9. The van der Waals surface area contributed by atoms with Crippen molar-refractivity contribution < 1.29 is 9.90 Å². The number of unbranched alkanes of at least 4 members (excludes halogenated alkanes) is 1. The number of benzene rings is 1. The normalized spacial score (nSPS) is 22.0. The molecule has 0 spiro atoms. The molecule has 126 valence electrons. The molecule has 1 aromatic carbocycles. The molecule has 1 aliphatic carbocycles. The summed E-state index contributed by atoms with van der Waals surface area (Å²) in [6.45, 7) is 4.98. The number of carbonyl (C=O) groups excluding carboxylic acids is 1. The van der Waals surface area contributed by atoms with Gasteiger partial charge in [0.25, 0.3) is 0 Å². The molecule has 0 unspecified atom stereocenters. The average Bonchev–Trinajstić information content (AvgIpc) is 2.61. The summed E-state index contributed by atoms with van der Waals surface area (Å²) in [5, 5.41) is 8.85. The van der Waals surface area contributed by atoms with E-state index >= 15 is 0 Å². The van der Waals surface area contributed by atoms with Crippen molar-refractivity contribution in [2.75, 3.05) is 39.3 Å². The van der Waals surface area contributed by atoms with E-state index in [1.165, 1.54) is 11.1 Å². The van der Waals surface area contributed by atoms with Crippen molar-refractivity contribution in [3.8, 4) is 0 Å². The van der Waals surface area contributed by atoms with E-state index in [0.717, 1.165) is 64.8 Å². The van der Waals surface area contributed by atoms with Gasteiger partial charge in [-0.05, 0) is 49.8 Å². The second kappa shape index (κ2) is 7.93. The van der Waals surface area contributed by atoms with Gasteiger partial charge in [0.05, 0.1) is 0 Å². The van der Waals surface area contributed by atoms with E-state index in [1.807, 2.05) is 0 Å². The van der Waals surface area contributed by atoms with E-state index in [0.29, 0.717) is 5.91 Å². The Kier molecular flexibility index (Phi) is 5.68. The summed E-state index contributed by atoms with van der Waals surface area (Å²) in [6, 6.07) is 8.54. The highest BCUT2D eigenvalue weighted by atomic mass is 16.2. The van der Waals surface area contributed by atoms with Crippen molar-refractivity contribution in [1.29, 1.82) is 0 Å². The van der Waals surface area contributed by atoms with Crippen molar-refractivity contribution in [3.05, 3.63) is 35.4 Å². The maximum Gasteiger partial charge on any atom is 0.226 e. The number of aliphatic hydroxyl groups excluding tert-OH is 1. The lowest BCUT2D eigenvalue weighted by Gasteiger charge is -2.37. The fourth-order valence-electron chi connectivity index (χ4n) is 3.81. The summed E-state index contributed by atoms with van der Waals surface area (Å²) < 4.78 is 0. The number of fused-ring (bicyclic) bond motifs is 1. The quantitative estimate of drug-likeness (QED) is 0.841. The van der Waals surface area contributed by atoms with Crippen LogP contribution in [0.3, 0.4) is 0 Å². The van der Waals surface area contributed by atoms with Gasteiger partial charge in [0.2, 0.25) is 5.91 Å². The molecule has 1 N–H and O–H groups in total. The zero-order valence-electron chi connectivity index (χ0n) is 13.9. The molecule has 0 saturated carbocycles. The summed E-state index contributed by atoms with van der Waals surface area (Å²) in [6.07, 6.45) is 4.86. The number of rotatable bonds is 5. The number of carbonyl (C=O) groups is 1. The van der Waals surface area contributed by atoms with Crippen LogP contribution in [0.15, 0.2) is 24.3 Å². The molecular formula is C19H28N2O2. The predicted octanol–water partition coefficient (Wildman–Crippen LogP) is 1.71. The summed E-state index contributed by atoms with van der Waals surface area (Å²) in [4.78, 5) is 17.3. The van der Waals surface area contributed by atoms with Crippen molar-refractivity contribution in [2.45, 2.75) is 32.1 Å². The molecule has 1 aromatic rings. The molecule has 0 aromatic heterocycles. The van der Waals surface area contributed by atoms with Crippen LogP contribution in [-0.2, 0) is 17.6 Å². The number of hydrogen-bond acceptors (Lipinski definition) is 3. The Morgan fingerprint density at radius 3 is 2.57 bits per heavy atom. The first-order chi connectivity index (χ1) is 11.3. The summed E-state index contributed by atoms with van der Waals surface area (Å²) >= 11 is 0. The first-order valence-electron chi connectivity index (χ1n) is 8.96. The topological polar surface area (TPSA) is 43.8 Å². The minimum Gasteiger partial charge on any atom is -0.396 e. The number of piperazine rings is 1. The highest BCUT2D eigenvalue weighted by molar-refractivity contribution is 5.79. The third-order valence-electron chi connectivity index (χ3n) is 5.26. The maximum absolute atomic E-state index is 12.8. The second-order valence-electron chi connectivity index (χ2n) is 6.81. The van der Waals surface area contributed by atoms with E-state index in [-0.39, 0.29) is 12.5 Å². The molecule has 4 heteroatoms. The van der Waals surface area contributed by atoms with Gasteiger partial charge in [-0.2, -0.15) is 0 Å². The van der Waals surface area contributed by atoms with Gasteiger partial charge in [0, 0.05) is 38.7 Å². The molecule has 23 heavy (non-hydrogen) atoms. The number of aryl methyl sites for hydroxylation is 1. The van der Waals surface area contributed by atoms with Crippen LogP contribution in [0, 0.1) is 5.92 Å². The van der Waals surface area contributed by atoms with E-state index in [9.17, 15) is 4.79 Å². The van der Waals surface area contributed by atoms with Gasteiger partial charge in [-0.15, -0.1) is 0 Å². The van der Waals surface area contributed by atoms with Crippen molar-refractivity contribution >= 4 is 5.91 Å². The first kappa shape index (κ1) is 16.5. The van der Waals surface area contributed by atoms with E-state index in [2.05, 4.69) is 34.1 Å². The lowest BCUT2D eigenvalue weighted by Crippen LogP contribution is -2.51. The Morgan fingerprint density at radius 1 is 1.09 bits per heavy atom. The van der Waals surface area contributed by atoms with Gasteiger partial charge in [-0.1, -0.05) is 24.3 Å². The van der Waals surface area contributed by atoms with Crippen molar-refractivity contribution in [3.63, 3.8) is 0 Å². The van der Waals surface area contributed by atoms with Gasteiger partial charge in [0.1, 0.15) is 0 Å². The molecule has 1 aliphatic heterocycles. The molecule has 1 heterocycles. The summed E-state index contributed by atoms with van der Waals surface area (Å²) in [7, 11) is 0. The van der Waals surface area contributed by atoms with Crippen molar-refractivity contribution in [1.82, 2.24) is 9.80 Å². The van der Waals surface area contributed by atoms with Gasteiger partial charge in [0.15, 0.2) is 0 Å². The average molecular weight is 316 g/mol. The monoisotopic (exact) mass is 316 g/mol. The van der Waals surface area contributed by atoms with Crippen LogP contribution in [0.1, 0.15) is 30.4 Å². The third-order valence-corrected chi connectivity index (χ3v) is 5.26. The van der Waals surface area contributed by atoms with Crippen LogP contribution >= 0.6 is 0 Å². The number of hydrogen-bond donors (Lipinski definition) is 1. The summed E-state index contributed by atoms with van der Waals surface area (Å²) in [5.74, 6) is 0.528. The van der Waals surface area contributed by atoms with Gasteiger partial charge < -0.3 is 10.0 Å². The smallest absolute Gasteiger partial charge is 0.226 e. The molecule has 2 aliphatic rings. The number of amides is 1. The van der Waals surface area contributed by atoms with Gasteiger partial charge >= 0.3 is 0 Å². The molecule has 4 nitrogen and oxygen atoms in total. The minimum atomic E-state index is 0.172. The highest BCUT2D eigenvalue weighted by Gasteiger charge is 2.29. The SMILES string of the molecule is O=C([C@@H]1CCc2ccccc2C1)N1CCN(CCCCO)CC1. The fourth-order valence-corrected chi connectivity index (χ4v) is 3.81. The number of nitrogens with zero attached hydrogens (tertiary/aromatic N) is 2. The fraction of sp³-hybridized carbons (Fsp3) is 0.632. The molecular weight excluding hydrogens is 288 g/mol. The van der Waals surface area contributed by atoms with Gasteiger partial charge in [-0.25, -0.2) is 0 Å². The van der Waals surface area contributed by atoms with Crippen molar-refractivity contribution in [2.24, 2.45) is 5.92 Å². The third kappa shape index (κ3) is 4.12. The predicted molar refractivity (Wildman–Crippen MR) is 91.3 cm³/mol. The second-order valence-corrected chi connectivity index (χ2v) is 6.81. The number of aliphatic hydroxyl groups is 1. The first-order valence-corrected chi connectivity index (χ1v) is 8.96. The molecule has 1 amide bonds. The highest BCUT2D eigenvalue weighted by Crippen LogP contribution is 2.27. The van der Waals surface area contributed by atoms with Crippen LogP contribution in [0.2, 0.25) is 0 Å². The van der Waals surface area contributed by atoms with Crippen LogP contribution in [0.25, 0.3) is 0 Å². The van der Waals surface area contributed by atoms with Crippen LogP contribution in [0.5, 0.6) is 0 Å². The summed E-state index contributed by atoms with van der Waals surface area (Å²) in [5.41, 5.74) is 2.78. The lowest BCUT2D eigenvalue weighted by atomic mass is 9.83. The Bertz CT molecular complexity index is 524. The molecule has 0 bridgehead atoms. The van der Waals surface area contributed by atoms with Crippen LogP contribution in [-0.4, -0.2) is 60.1 Å². The Hall–Kier alpha value is -1.39. The molecule has 1 saturated heterocycles. The molecule has 1 atom stereocenters. The van der Waals surface area contributed by atoms with E-state index in [1.54, 1.807) is 0 Å². The molecule has 0 radical (unpaired) electrons. The lowest BCUT2D eigenvalue weighted by molar-refractivity contribution is -0.137. The maximum atomic E-state index is 12.8. The van der Waals surface area contributed by atoms with E-state index < -0.39 is 0 Å². The Morgan fingerprint density at radius 2 is 1.83 bits per heavy atom. The zero-order chi connectivity index (χ0) is 16.1. The molecule has 3 rings (SSSR count). The molecule has 1 fully saturated rings. The standard InChI is InChI=1S/C19H28N2O2/c22-14-4-3-9-20-10-12-21(13-11-20)19(23)18-8-7-16-5-1-2-6-17(16)15-18/h1-2,5-6,18,22H,3-4,7-15H2/t18-/m1/s1. The minimum absolute atomic E-state index is 0.172. The Labute approximate surface area is 139 Å².